The summed E-state index contributed by atoms with van der Waals surface area (Å²) in [4.78, 5) is 15.5. The van der Waals surface area contributed by atoms with Gasteiger partial charge in [0.05, 0.1) is 17.3 Å². The van der Waals surface area contributed by atoms with Crippen LogP contribution < -0.4 is 5.32 Å². The third kappa shape index (κ3) is 3.57. The first-order chi connectivity index (χ1) is 14.1. The molecule has 3 N–H and O–H groups in total. The number of hydrogen-bond donors (Lipinski definition) is 3. The molecule has 2 aliphatic heterocycles. The Labute approximate surface area is 170 Å². The van der Waals surface area contributed by atoms with Crippen LogP contribution in [0, 0.1) is 11.2 Å². The van der Waals surface area contributed by atoms with Gasteiger partial charge in [-0.15, -0.1) is 0 Å². The van der Waals surface area contributed by atoms with Gasteiger partial charge in [0.1, 0.15) is 5.82 Å². The molecule has 7 heteroatoms. The molecule has 0 radical (unpaired) electrons. The fourth-order valence-corrected chi connectivity index (χ4v) is 5.31. The minimum Gasteiger partial charge on any atom is -0.396 e. The first-order valence-corrected chi connectivity index (χ1v) is 10.5. The molecule has 3 atom stereocenters. The summed E-state index contributed by atoms with van der Waals surface area (Å²) in [5.74, 6) is -0.156. The summed E-state index contributed by atoms with van der Waals surface area (Å²) in [6, 6.07) is 7.10. The van der Waals surface area contributed by atoms with E-state index >= 15 is 0 Å². The topological polar surface area (TPSA) is 81.2 Å². The molecule has 156 valence electrons. The van der Waals surface area contributed by atoms with E-state index in [-0.39, 0.29) is 29.8 Å². The maximum Gasteiger partial charge on any atom is 0.227 e. The Morgan fingerprint density at radius 2 is 2.31 bits per heavy atom. The highest BCUT2D eigenvalue weighted by molar-refractivity contribution is 5.84. The van der Waals surface area contributed by atoms with Gasteiger partial charge in [-0.05, 0) is 44.2 Å². The summed E-state index contributed by atoms with van der Waals surface area (Å²) in [5, 5.41) is 19.3. The van der Waals surface area contributed by atoms with Gasteiger partial charge in [0, 0.05) is 42.9 Å². The van der Waals surface area contributed by atoms with E-state index in [1.54, 1.807) is 6.07 Å². The van der Waals surface area contributed by atoms with Crippen LogP contribution in [0.1, 0.15) is 44.6 Å². The number of benzene rings is 1. The summed E-state index contributed by atoms with van der Waals surface area (Å²) in [5.41, 5.74) is 2.28. The van der Waals surface area contributed by atoms with Crippen molar-refractivity contribution in [1.29, 1.82) is 0 Å². The minimum absolute atomic E-state index is 0.0843. The summed E-state index contributed by atoms with van der Waals surface area (Å²) in [6.07, 6.45) is 6.18. The number of rotatable bonds is 8. The predicted molar refractivity (Wildman–Crippen MR) is 108 cm³/mol. The van der Waals surface area contributed by atoms with Crippen molar-refractivity contribution < 1.29 is 14.3 Å². The molecule has 1 aromatic heterocycles. The molecule has 0 spiro atoms. The molecule has 2 saturated heterocycles. The second-order valence-electron chi connectivity index (χ2n) is 8.25. The van der Waals surface area contributed by atoms with E-state index in [4.69, 9.17) is 5.11 Å². The number of aliphatic hydroxyl groups is 1. The van der Waals surface area contributed by atoms with Crippen LogP contribution in [0.2, 0.25) is 0 Å². The van der Waals surface area contributed by atoms with Gasteiger partial charge in [0.25, 0.3) is 0 Å². The van der Waals surface area contributed by atoms with E-state index in [0.717, 1.165) is 42.5 Å². The van der Waals surface area contributed by atoms with Crippen molar-refractivity contribution in [2.45, 2.75) is 57.7 Å². The number of halogens is 1. The van der Waals surface area contributed by atoms with E-state index in [1.807, 2.05) is 12.3 Å². The van der Waals surface area contributed by atoms with Crippen LogP contribution in [-0.4, -0.2) is 51.3 Å². The van der Waals surface area contributed by atoms with Crippen molar-refractivity contribution >= 4 is 5.91 Å². The first-order valence-electron chi connectivity index (χ1n) is 10.5. The standard InChI is InChI=1S/C22H29FN4O2/c1-2-22(21(29)24-9-4-10-28)12-18-7-8-19(22)27(18)14-16-13-25-26-20(16)15-5-3-6-17(23)11-15/h3,5-6,11,13,18-19,28H,2,4,7-10,12,14H2,1H3,(H,24,29)(H,25,26)/t18-,19+,22+/m1/s1. The van der Waals surface area contributed by atoms with Gasteiger partial charge in [-0.25, -0.2) is 4.39 Å². The quantitative estimate of drug-likeness (QED) is 0.595. The number of aromatic amines is 1. The molecular formula is C22H29FN4O2. The molecule has 4 rings (SSSR count). The highest BCUT2D eigenvalue weighted by Crippen LogP contribution is 2.52. The van der Waals surface area contributed by atoms with Crippen LogP contribution in [0.25, 0.3) is 11.3 Å². The van der Waals surface area contributed by atoms with E-state index in [9.17, 15) is 9.18 Å². The molecule has 2 fully saturated rings. The molecule has 2 aromatic rings. The largest absolute Gasteiger partial charge is 0.396 e. The highest BCUT2D eigenvalue weighted by Gasteiger charge is 2.58. The first kappa shape index (κ1) is 20.0. The zero-order valence-corrected chi connectivity index (χ0v) is 16.8. The van der Waals surface area contributed by atoms with Gasteiger partial charge in [-0.1, -0.05) is 19.1 Å². The van der Waals surface area contributed by atoms with E-state index in [1.165, 1.54) is 12.1 Å². The van der Waals surface area contributed by atoms with Crippen LogP contribution in [0.15, 0.2) is 30.5 Å². The van der Waals surface area contributed by atoms with E-state index in [2.05, 4.69) is 27.3 Å². The van der Waals surface area contributed by atoms with Crippen molar-refractivity contribution in [1.82, 2.24) is 20.4 Å². The molecule has 2 bridgehead atoms. The average molecular weight is 400 g/mol. The highest BCUT2D eigenvalue weighted by atomic mass is 19.1. The second-order valence-corrected chi connectivity index (χ2v) is 8.25. The second kappa shape index (κ2) is 8.24. The van der Waals surface area contributed by atoms with Gasteiger partial charge < -0.3 is 10.4 Å². The Morgan fingerprint density at radius 3 is 3.07 bits per heavy atom. The SMILES string of the molecule is CC[C@]1(C(=O)NCCCO)C[C@H]2CC[C@@H]1N2Cc1cn[nH]c1-c1cccc(F)c1. The number of carbonyl (C=O) groups is 1. The molecule has 0 saturated carbocycles. The number of hydrogen-bond acceptors (Lipinski definition) is 4. The molecule has 2 aliphatic rings. The van der Waals surface area contributed by atoms with Crippen molar-refractivity contribution in [3.05, 3.63) is 41.8 Å². The number of nitrogens with zero attached hydrogens (tertiary/aromatic N) is 2. The van der Waals surface area contributed by atoms with Crippen molar-refractivity contribution in [2.24, 2.45) is 5.41 Å². The lowest BCUT2D eigenvalue weighted by molar-refractivity contribution is -0.133. The van der Waals surface area contributed by atoms with Crippen LogP contribution in [0.3, 0.4) is 0 Å². The Kier molecular flexibility index (Phi) is 5.69. The third-order valence-electron chi connectivity index (χ3n) is 6.77. The molecule has 1 amide bonds. The normalized spacial score (nSPS) is 26.2. The van der Waals surface area contributed by atoms with Crippen molar-refractivity contribution in [3.8, 4) is 11.3 Å². The van der Waals surface area contributed by atoms with E-state index in [0.29, 0.717) is 25.6 Å². The van der Waals surface area contributed by atoms with Gasteiger partial charge in [0.15, 0.2) is 0 Å². The third-order valence-corrected chi connectivity index (χ3v) is 6.77. The predicted octanol–water partition coefficient (Wildman–Crippen LogP) is 2.85. The Hall–Kier alpha value is -2.25. The molecule has 29 heavy (non-hydrogen) atoms. The zero-order valence-electron chi connectivity index (χ0n) is 16.8. The summed E-state index contributed by atoms with van der Waals surface area (Å²) in [7, 11) is 0. The molecule has 1 aromatic carbocycles. The molecular weight excluding hydrogens is 371 g/mol. The number of carbonyl (C=O) groups excluding carboxylic acids is 1. The van der Waals surface area contributed by atoms with Crippen LogP contribution in [0.5, 0.6) is 0 Å². The van der Waals surface area contributed by atoms with Crippen molar-refractivity contribution in [3.63, 3.8) is 0 Å². The van der Waals surface area contributed by atoms with Crippen LogP contribution in [0.4, 0.5) is 4.39 Å². The Bertz CT molecular complexity index is 870. The fraction of sp³-hybridized carbons (Fsp3) is 0.545. The van der Waals surface area contributed by atoms with Gasteiger partial charge >= 0.3 is 0 Å². The smallest absolute Gasteiger partial charge is 0.227 e. The number of H-pyrrole nitrogens is 1. The lowest BCUT2D eigenvalue weighted by atomic mass is 9.71. The Morgan fingerprint density at radius 1 is 1.45 bits per heavy atom. The zero-order chi connectivity index (χ0) is 20.4. The lowest BCUT2D eigenvalue weighted by Crippen LogP contribution is -2.49. The minimum atomic E-state index is -0.374. The van der Waals surface area contributed by atoms with Gasteiger partial charge in [-0.2, -0.15) is 5.10 Å². The molecule has 0 aliphatic carbocycles. The number of amides is 1. The molecule has 6 nitrogen and oxygen atoms in total. The average Bonchev–Trinajstić information content (AvgIpc) is 3.42. The fourth-order valence-electron chi connectivity index (χ4n) is 5.31. The maximum absolute atomic E-state index is 13.7. The van der Waals surface area contributed by atoms with Crippen LogP contribution in [-0.2, 0) is 11.3 Å². The number of aromatic nitrogens is 2. The van der Waals surface area contributed by atoms with Gasteiger partial charge in [0.2, 0.25) is 5.91 Å². The number of aliphatic hydroxyl groups excluding tert-OH is 1. The van der Waals surface area contributed by atoms with Crippen LogP contribution >= 0.6 is 0 Å². The summed E-state index contributed by atoms with van der Waals surface area (Å²) >= 11 is 0. The maximum atomic E-state index is 13.7. The number of nitrogens with one attached hydrogen (secondary N) is 2. The summed E-state index contributed by atoms with van der Waals surface area (Å²) in [6.45, 7) is 3.39. The van der Waals surface area contributed by atoms with E-state index < -0.39 is 0 Å². The number of fused-ring (bicyclic) bond motifs is 2. The van der Waals surface area contributed by atoms with Crippen molar-refractivity contribution in [2.75, 3.05) is 13.2 Å². The lowest BCUT2D eigenvalue weighted by Gasteiger charge is -2.35. The summed E-state index contributed by atoms with van der Waals surface area (Å²) < 4.78 is 13.7. The molecule has 3 heterocycles. The monoisotopic (exact) mass is 400 g/mol. The van der Waals surface area contributed by atoms with Gasteiger partial charge in [-0.3, -0.25) is 14.8 Å². The molecule has 0 unspecified atom stereocenters. The Balaban J connectivity index is 1.54.